The maximum atomic E-state index is 16.3. The molecule has 0 amide bonds. The third-order valence-corrected chi connectivity index (χ3v) is 13.3. The lowest BCUT2D eigenvalue weighted by atomic mass is 9.88. The topological polar surface area (TPSA) is 83.1 Å². The Hall–Kier alpha value is -6.39. The average Bonchev–Trinajstić information content (AvgIpc) is 0.776. The van der Waals surface area contributed by atoms with E-state index in [-0.39, 0.29) is 0 Å². The predicted octanol–water partition coefficient (Wildman–Crippen LogP) is 25.1. The van der Waals surface area contributed by atoms with E-state index in [1.807, 2.05) is 0 Å². The summed E-state index contributed by atoms with van der Waals surface area (Å²) in [5.41, 5.74) is -19.2. The third-order valence-electron chi connectivity index (χ3n) is 13.3. The van der Waals surface area contributed by atoms with Gasteiger partial charge < -0.3 is 0 Å². The van der Waals surface area contributed by atoms with Crippen LogP contribution in [0.15, 0.2) is 18.2 Å². The van der Waals surface area contributed by atoms with Crippen LogP contribution in [0.25, 0.3) is 0 Å². The molecular weight excluding hydrogens is 2070 g/mol. The fourth-order valence-corrected chi connectivity index (χ4v) is 6.99. The fraction of sp³-hybridized carbons (Fsp3) is 0.857. The molecule has 0 saturated carbocycles. The molecule has 0 aliphatic carbocycles. The molecule has 0 saturated heterocycles. The molecule has 0 aromatic heterocycles. The third kappa shape index (κ3) is 18.6. The number of alkyl halides is 75. The van der Waals surface area contributed by atoms with E-state index in [1.165, 1.54) is 0 Å². The van der Waals surface area contributed by atoms with Gasteiger partial charge in [0.2, 0.25) is 0 Å². The highest BCUT2D eigenvalue weighted by Gasteiger charge is 2.95. The van der Waals surface area contributed by atoms with Gasteiger partial charge in [-0.15, -0.1) is 0 Å². The number of benzene rings is 1. The van der Waals surface area contributed by atoms with Crippen LogP contribution in [0.2, 0.25) is 0 Å². The summed E-state index contributed by atoms with van der Waals surface area (Å²) >= 11 is 0. The molecule has 0 fully saturated rings. The first-order valence-corrected chi connectivity index (χ1v) is 26.3. The zero-order chi connectivity index (χ0) is 103. The van der Waals surface area contributed by atoms with Crippen LogP contribution in [-0.4, -0.2) is 200 Å². The van der Waals surface area contributed by atoms with E-state index in [2.05, 4.69) is 0 Å². The number of ether oxygens (including phenoxy) is 9. The minimum atomic E-state index is -10.6. The van der Waals surface area contributed by atoms with E-state index in [9.17, 15) is 250 Å². The van der Waals surface area contributed by atoms with E-state index >= 15 is 79.0 Å². The molecule has 9 atom stereocenters. The Morgan fingerprint density at radius 1 is 0.111 bits per heavy atom. The molecular formula is C42H3F75O9. The Labute approximate surface area is 625 Å². The lowest BCUT2D eigenvalue weighted by Gasteiger charge is -2.44. The molecule has 9 unspecified atom stereocenters. The number of rotatable bonds is 33. The van der Waals surface area contributed by atoms with E-state index in [0.29, 0.717) is 42.6 Å². The molecule has 1 aromatic rings. The first kappa shape index (κ1) is 118. The Bertz CT molecular complexity index is 3540. The van der Waals surface area contributed by atoms with Gasteiger partial charge in [-0.25, -0.2) is 0 Å². The van der Waals surface area contributed by atoms with Gasteiger partial charge in [0.1, 0.15) is 0 Å². The average molecular weight is 2080 g/mol. The molecule has 0 bridgehead atoms. The minimum absolute atomic E-state index is 0.467. The van der Waals surface area contributed by atoms with Crippen molar-refractivity contribution in [1.29, 1.82) is 0 Å². The van der Waals surface area contributed by atoms with Gasteiger partial charge in [0.15, 0.2) is 0 Å². The molecule has 0 heterocycles. The van der Waals surface area contributed by atoms with Crippen molar-refractivity contribution < 1.29 is 372 Å². The zero-order valence-electron chi connectivity index (χ0n) is 53.3. The standard InChI is InChI=1S/C42H3F75O9/c43-7(44,13(55,25(73,74)75)118-37(106,107)19(61,31(91,92)93)124-40(112,113)16(58,28(82,83)84)121-34(100,101)10(49,50)22(64,65)66)4-1-5(8(45,46)14(56,26(76,77)78)119-38(108,109)20(62,32(94,95)96)125-41(114,115)17(59,29(85,86)87)122-35(102,103)11(51,52)23(67,68)69)3-6(2-4)9(47,48)15(57,27(79,80)81)120-39(110,111)21(63,33(97,98)99)126-42(116,117)18(60,30(88,89)90)123-36(104,105)12(53,54)24(70,71)72/h1-3H. The summed E-state index contributed by atoms with van der Waals surface area (Å²) in [5, 5.41) is 0. The molecule has 750 valence electrons. The quantitative estimate of drug-likeness (QED) is 0.0639. The van der Waals surface area contributed by atoms with Crippen LogP contribution >= 0.6 is 0 Å². The molecule has 0 N–H and O–H groups in total. The van der Waals surface area contributed by atoms with Crippen molar-refractivity contribution in [3.05, 3.63) is 34.9 Å². The summed E-state index contributed by atoms with van der Waals surface area (Å²) in [6.07, 6.45) is -204. The van der Waals surface area contributed by atoms with Crippen LogP contribution in [0.1, 0.15) is 16.7 Å². The highest BCUT2D eigenvalue weighted by molar-refractivity contribution is 5.41. The SMILES string of the molecule is FC(F)(F)C(F)(F)C(F)(F)OC(F)(C(F)(F)F)C(F)(F)OC(F)(C(F)(F)F)C(F)(F)OC(F)(C(F)(F)F)C(F)(F)c1cc(C(F)(F)C(F)(OC(F)(F)C(F)(OC(F)(F)C(F)(OC(F)(F)C(F)(F)C(F)(F)F)C(F)(F)F)C(F)(F)F)C(F)(F)F)cc(C(F)(F)C(F)(OC(F)(F)C(F)(OC(F)(F)C(F)(OC(F)(F)C(F)(F)C(F)(F)F)C(F)(F)F)C(F)(F)F)C(F)(F)F)c1. The Balaban J connectivity index is 5.63. The molecule has 0 radical (unpaired) electrons. The van der Waals surface area contributed by atoms with Crippen molar-refractivity contribution >= 4 is 0 Å². The van der Waals surface area contributed by atoms with Crippen LogP contribution in [0, 0.1) is 0 Å². The normalized spacial score (nSPS) is 20.4. The Morgan fingerprint density at radius 2 is 0.198 bits per heavy atom. The number of hydrogen-bond donors (Lipinski definition) is 0. The lowest BCUT2D eigenvalue weighted by molar-refractivity contribution is -0.584. The van der Waals surface area contributed by atoms with Gasteiger partial charge in [-0.2, -0.15) is 329 Å². The molecule has 0 aliphatic heterocycles. The summed E-state index contributed by atoms with van der Waals surface area (Å²) in [6, 6.07) is -12.1. The molecule has 1 aromatic carbocycles. The van der Waals surface area contributed by atoms with Crippen LogP contribution in [0.4, 0.5) is 329 Å². The first-order chi connectivity index (χ1) is 53.2. The van der Waals surface area contributed by atoms with Crippen molar-refractivity contribution in [3.63, 3.8) is 0 Å². The van der Waals surface area contributed by atoms with Gasteiger partial charge in [-0.05, 0) is 18.2 Å². The number of halogens is 75. The largest absolute Gasteiger partial charge is 0.462 e. The maximum absolute atomic E-state index is 16.3. The second-order valence-corrected chi connectivity index (χ2v) is 22.1. The van der Waals surface area contributed by atoms with Crippen molar-refractivity contribution in [2.75, 3.05) is 0 Å². The summed E-state index contributed by atoms with van der Waals surface area (Å²) in [4.78, 5) is 0. The predicted molar refractivity (Wildman–Crippen MR) is 214 cm³/mol. The van der Waals surface area contributed by atoms with Crippen LogP contribution in [-0.2, 0) is 60.4 Å². The Kier molecular flexibility index (Phi) is 28.8. The van der Waals surface area contributed by atoms with Gasteiger partial charge >= 0.3 is 217 Å². The summed E-state index contributed by atoms with van der Waals surface area (Å²) < 4.78 is 1070. The second kappa shape index (κ2) is 30.8. The zero-order valence-corrected chi connectivity index (χ0v) is 53.3. The second-order valence-electron chi connectivity index (χ2n) is 22.1. The summed E-state index contributed by atoms with van der Waals surface area (Å²) in [5.74, 6) is -151. The molecule has 0 aliphatic rings. The van der Waals surface area contributed by atoms with Crippen molar-refractivity contribution in [2.24, 2.45) is 0 Å². The van der Waals surface area contributed by atoms with Crippen LogP contribution in [0.5, 0.6) is 0 Å². The molecule has 0 spiro atoms. The molecule has 1 rings (SSSR count). The van der Waals surface area contributed by atoms with Gasteiger partial charge in [-0.1, -0.05) is 0 Å². The summed E-state index contributed by atoms with van der Waals surface area (Å²) in [6.45, 7) is 0. The van der Waals surface area contributed by atoms with Gasteiger partial charge in [0, 0.05) is 16.7 Å². The van der Waals surface area contributed by atoms with E-state index in [1.54, 1.807) is 0 Å². The van der Waals surface area contributed by atoms with Crippen LogP contribution in [0.3, 0.4) is 0 Å². The monoisotopic (exact) mass is 2080 g/mol. The number of hydrogen-bond acceptors (Lipinski definition) is 9. The lowest BCUT2D eigenvalue weighted by Crippen LogP contribution is -2.71. The highest BCUT2D eigenvalue weighted by atomic mass is 19.5. The highest BCUT2D eigenvalue weighted by Crippen LogP contribution is 2.69. The van der Waals surface area contributed by atoms with Crippen molar-refractivity contribution in [3.8, 4) is 0 Å². The van der Waals surface area contributed by atoms with Gasteiger partial charge in [0.25, 0.3) is 0 Å². The fourth-order valence-electron chi connectivity index (χ4n) is 6.99. The van der Waals surface area contributed by atoms with Gasteiger partial charge in [0.05, 0.1) is 0 Å². The molecule has 84 heteroatoms. The van der Waals surface area contributed by atoms with Crippen molar-refractivity contribution in [2.45, 2.75) is 217 Å². The smallest absolute Gasteiger partial charge is 0.264 e. The summed E-state index contributed by atoms with van der Waals surface area (Å²) in [7, 11) is 0. The van der Waals surface area contributed by atoms with E-state index < -0.39 is 252 Å². The molecule has 126 heavy (non-hydrogen) atoms. The van der Waals surface area contributed by atoms with E-state index in [4.69, 9.17) is 0 Å². The Morgan fingerprint density at radius 3 is 0.286 bits per heavy atom. The van der Waals surface area contributed by atoms with Crippen molar-refractivity contribution in [1.82, 2.24) is 0 Å². The van der Waals surface area contributed by atoms with E-state index in [0.717, 1.165) is 0 Å². The first-order valence-electron chi connectivity index (χ1n) is 26.3. The maximum Gasteiger partial charge on any atom is 0.462 e. The molecule has 9 nitrogen and oxygen atoms in total. The van der Waals surface area contributed by atoms with Gasteiger partial charge in [-0.3, -0.25) is 42.6 Å². The van der Waals surface area contributed by atoms with Crippen LogP contribution < -0.4 is 0 Å². The minimum Gasteiger partial charge on any atom is -0.264 e.